The molecule has 0 amide bonds. The molecular weight excluding hydrogens is 463 g/mol. The maximum atomic E-state index is 14.5. The van der Waals surface area contributed by atoms with Gasteiger partial charge in [0.2, 0.25) is 0 Å². The molecule has 4 aromatic rings. The monoisotopic (exact) mass is 492 g/mol. The molecule has 0 saturated carbocycles. The summed E-state index contributed by atoms with van der Waals surface area (Å²) in [6.07, 6.45) is 7.99. The second-order valence-corrected chi connectivity index (χ2v) is 9.99. The largest absolute Gasteiger partial charge is 0.291 e. The van der Waals surface area contributed by atoms with Crippen molar-refractivity contribution in [2.75, 3.05) is 12.8 Å². The first-order valence-corrected chi connectivity index (χ1v) is 13.3. The van der Waals surface area contributed by atoms with Crippen molar-refractivity contribution in [3.63, 3.8) is 0 Å². The molecule has 0 unspecified atom stereocenters. The lowest BCUT2D eigenvalue weighted by atomic mass is 10.0. The molecule has 0 fully saturated rings. The lowest BCUT2D eigenvalue weighted by molar-refractivity contribution is 0.290. The van der Waals surface area contributed by atoms with Crippen LogP contribution in [0.5, 0.6) is 0 Å². The molecule has 1 aliphatic carbocycles. The Kier molecular flexibility index (Phi) is 7.45. The minimum atomic E-state index is -0.201. The van der Waals surface area contributed by atoms with Gasteiger partial charge in [0.05, 0.1) is 0 Å². The first-order chi connectivity index (χ1) is 17.6. The Balaban J connectivity index is 1.52. The van der Waals surface area contributed by atoms with Crippen LogP contribution in [-0.2, 0) is 13.1 Å². The van der Waals surface area contributed by atoms with Crippen molar-refractivity contribution in [1.29, 1.82) is 0 Å². The van der Waals surface area contributed by atoms with Gasteiger partial charge in [-0.2, -0.15) is 0 Å². The molecule has 0 atom stereocenters. The second kappa shape index (κ2) is 11.1. The van der Waals surface area contributed by atoms with Gasteiger partial charge in [-0.1, -0.05) is 48.5 Å². The van der Waals surface area contributed by atoms with E-state index in [1.165, 1.54) is 32.7 Å². The number of hydrogen-bond donors (Lipinski definition) is 0. The lowest BCUT2D eigenvalue weighted by Crippen LogP contribution is -2.25. The predicted octanol–water partition coefficient (Wildman–Crippen LogP) is 7.97. The van der Waals surface area contributed by atoms with E-state index in [9.17, 15) is 4.39 Å². The summed E-state index contributed by atoms with van der Waals surface area (Å²) in [4.78, 5) is 7.84. The third kappa shape index (κ3) is 5.51. The van der Waals surface area contributed by atoms with E-state index >= 15 is 0 Å². The summed E-state index contributed by atoms with van der Waals surface area (Å²) in [5.41, 5.74) is 9.26. The molecule has 0 radical (unpaired) electrons. The molecule has 2 nitrogen and oxygen atoms in total. The van der Waals surface area contributed by atoms with Gasteiger partial charge in [0.25, 0.3) is 0 Å². The number of allylic oxidation sites excluding steroid dienone is 2. The maximum Gasteiger partial charge on any atom is 0.123 e. The van der Waals surface area contributed by atoms with Crippen molar-refractivity contribution < 1.29 is 4.39 Å². The molecule has 4 heteroatoms. The molecule has 0 spiro atoms. The van der Waals surface area contributed by atoms with Gasteiger partial charge in [-0.05, 0) is 100 Å². The molecule has 0 bridgehead atoms. The molecule has 1 aliphatic rings. The van der Waals surface area contributed by atoms with Gasteiger partial charge in [-0.15, -0.1) is 11.8 Å². The summed E-state index contributed by atoms with van der Waals surface area (Å²) in [7, 11) is 0. The standard InChI is InChI=1S/C32H29FN2S/c1-23-30(18-24-8-11-28(36-2)12-9-24)29-13-10-27(33)19-31(29)32(23)22-35(20-25-6-4-3-5-7-25)21-26-14-16-34-17-15-26/h3-19H,20-22H2,1-2H3/b30-18-. The molecule has 0 aliphatic heterocycles. The van der Waals surface area contributed by atoms with Crippen LogP contribution in [0.3, 0.4) is 0 Å². The Bertz CT molecular complexity index is 1350. The zero-order chi connectivity index (χ0) is 24.9. The number of aromatic nitrogens is 1. The van der Waals surface area contributed by atoms with Crippen LogP contribution in [0, 0.1) is 5.82 Å². The fourth-order valence-electron chi connectivity index (χ4n) is 4.80. The highest BCUT2D eigenvalue weighted by Gasteiger charge is 2.26. The van der Waals surface area contributed by atoms with Gasteiger partial charge in [0.15, 0.2) is 0 Å². The molecular formula is C32H29FN2S. The molecule has 36 heavy (non-hydrogen) atoms. The molecule has 1 heterocycles. The van der Waals surface area contributed by atoms with E-state index < -0.39 is 0 Å². The van der Waals surface area contributed by atoms with E-state index in [1.807, 2.05) is 24.5 Å². The lowest BCUT2D eigenvalue weighted by Gasteiger charge is -2.24. The van der Waals surface area contributed by atoms with E-state index in [1.54, 1.807) is 23.9 Å². The van der Waals surface area contributed by atoms with Gasteiger partial charge in [-0.3, -0.25) is 9.88 Å². The van der Waals surface area contributed by atoms with Crippen LogP contribution in [-0.4, -0.2) is 22.7 Å². The predicted molar refractivity (Wildman–Crippen MR) is 150 cm³/mol. The Labute approximate surface area is 217 Å². The van der Waals surface area contributed by atoms with Crippen molar-refractivity contribution in [1.82, 2.24) is 9.88 Å². The number of nitrogens with zero attached hydrogens (tertiary/aromatic N) is 2. The number of fused-ring (bicyclic) bond motifs is 1. The summed E-state index contributed by atoms with van der Waals surface area (Å²) < 4.78 is 14.5. The summed E-state index contributed by atoms with van der Waals surface area (Å²) in [5, 5.41) is 0. The topological polar surface area (TPSA) is 16.1 Å². The summed E-state index contributed by atoms with van der Waals surface area (Å²) >= 11 is 1.74. The number of halogens is 1. The SMILES string of the molecule is CSc1ccc(/C=C2/C(C)=C(CN(Cc3ccccc3)Cc3ccncc3)c3cc(F)ccc32)cc1. The van der Waals surface area contributed by atoms with Crippen molar-refractivity contribution in [3.05, 3.63) is 137 Å². The highest BCUT2D eigenvalue weighted by Crippen LogP contribution is 2.43. The van der Waals surface area contributed by atoms with Crippen LogP contribution in [0.25, 0.3) is 17.2 Å². The number of thioether (sulfide) groups is 1. The number of rotatable bonds is 8. The van der Waals surface area contributed by atoms with E-state index in [2.05, 4.69) is 89.8 Å². The smallest absolute Gasteiger partial charge is 0.123 e. The molecule has 5 rings (SSSR count). The van der Waals surface area contributed by atoms with Crippen molar-refractivity contribution in [3.8, 4) is 0 Å². The third-order valence-electron chi connectivity index (χ3n) is 6.67. The quantitative estimate of drug-likeness (QED) is 0.232. The second-order valence-electron chi connectivity index (χ2n) is 9.11. The summed E-state index contributed by atoms with van der Waals surface area (Å²) in [6, 6.07) is 28.4. The van der Waals surface area contributed by atoms with E-state index in [0.717, 1.165) is 36.3 Å². The Morgan fingerprint density at radius 2 is 1.50 bits per heavy atom. The average molecular weight is 493 g/mol. The average Bonchev–Trinajstić information content (AvgIpc) is 3.15. The van der Waals surface area contributed by atoms with Crippen LogP contribution < -0.4 is 0 Å². The van der Waals surface area contributed by atoms with Gasteiger partial charge in [-0.25, -0.2) is 4.39 Å². The zero-order valence-corrected chi connectivity index (χ0v) is 21.4. The van der Waals surface area contributed by atoms with Crippen molar-refractivity contribution >= 4 is 29.0 Å². The number of hydrogen-bond acceptors (Lipinski definition) is 3. The fourth-order valence-corrected chi connectivity index (χ4v) is 5.21. The molecule has 0 N–H and O–H groups in total. The Morgan fingerprint density at radius 1 is 0.806 bits per heavy atom. The molecule has 180 valence electrons. The van der Waals surface area contributed by atoms with Crippen LogP contribution in [0.2, 0.25) is 0 Å². The highest BCUT2D eigenvalue weighted by molar-refractivity contribution is 7.98. The highest BCUT2D eigenvalue weighted by atomic mass is 32.2. The first kappa shape index (κ1) is 24.2. The molecule has 0 saturated heterocycles. The number of benzene rings is 3. The Hall–Kier alpha value is -3.47. The van der Waals surface area contributed by atoms with Crippen LogP contribution in [0.1, 0.15) is 34.7 Å². The van der Waals surface area contributed by atoms with Gasteiger partial charge in [0, 0.05) is 36.9 Å². The van der Waals surface area contributed by atoms with E-state index in [-0.39, 0.29) is 5.82 Å². The first-order valence-electron chi connectivity index (χ1n) is 12.1. The summed E-state index contributed by atoms with van der Waals surface area (Å²) in [6.45, 7) is 4.48. The Morgan fingerprint density at radius 3 is 2.19 bits per heavy atom. The van der Waals surface area contributed by atoms with Crippen LogP contribution in [0.4, 0.5) is 4.39 Å². The zero-order valence-electron chi connectivity index (χ0n) is 20.6. The van der Waals surface area contributed by atoms with Gasteiger partial charge in [0.1, 0.15) is 5.82 Å². The number of pyridine rings is 1. The van der Waals surface area contributed by atoms with E-state index in [4.69, 9.17) is 0 Å². The maximum absolute atomic E-state index is 14.5. The molecule has 1 aromatic heterocycles. The molecule has 3 aromatic carbocycles. The van der Waals surface area contributed by atoms with Gasteiger partial charge >= 0.3 is 0 Å². The summed E-state index contributed by atoms with van der Waals surface area (Å²) in [5.74, 6) is -0.201. The van der Waals surface area contributed by atoms with E-state index in [0.29, 0.717) is 0 Å². The minimum absolute atomic E-state index is 0.201. The van der Waals surface area contributed by atoms with Crippen molar-refractivity contribution in [2.24, 2.45) is 0 Å². The third-order valence-corrected chi connectivity index (χ3v) is 7.41. The minimum Gasteiger partial charge on any atom is -0.291 e. The van der Waals surface area contributed by atoms with Crippen LogP contribution in [0.15, 0.2) is 108 Å². The van der Waals surface area contributed by atoms with Crippen LogP contribution >= 0.6 is 11.8 Å². The normalized spacial score (nSPS) is 14.1. The van der Waals surface area contributed by atoms with Crippen molar-refractivity contribution in [2.45, 2.75) is 24.9 Å². The van der Waals surface area contributed by atoms with Gasteiger partial charge < -0.3 is 0 Å². The fraction of sp³-hybridized carbons (Fsp3) is 0.156.